The molecule has 7 heteroatoms. The molecule has 1 aromatic heterocycles. The Bertz CT molecular complexity index is 1150. The summed E-state index contributed by atoms with van der Waals surface area (Å²) in [5.74, 6) is -0.939. The summed E-state index contributed by atoms with van der Waals surface area (Å²) in [6.45, 7) is 0.322. The highest BCUT2D eigenvalue weighted by atomic mass is 19.1. The molecule has 0 aliphatic heterocycles. The number of amides is 2. The fourth-order valence-electron chi connectivity index (χ4n) is 4.47. The molecule has 2 aromatic carbocycles. The molecule has 3 N–H and O–H groups in total. The number of aromatic nitrogens is 1. The number of aryl methyl sites for hydroxylation is 1. The number of carbonyl (C=O) groups excluding carboxylic acids is 2. The smallest absolute Gasteiger partial charge is 0.255 e. The number of halogens is 1. The molecule has 0 fully saturated rings. The molecule has 1 heterocycles. The van der Waals surface area contributed by atoms with Gasteiger partial charge in [-0.3, -0.25) is 14.6 Å². The van der Waals surface area contributed by atoms with E-state index in [9.17, 15) is 14.0 Å². The number of likely N-dealkylation sites (N-methyl/N-ethyl adjacent to an activating group) is 1. The number of fused-ring (bicyclic) bond motifs is 1. The first-order chi connectivity index (χ1) is 16.4. The maximum absolute atomic E-state index is 13.9. The lowest BCUT2D eigenvalue weighted by Crippen LogP contribution is -2.37. The highest BCUT2D eigenvalue weighted by Gasteiger charge is 2.28. The van der Waals surface area contributed by atoms with Gasteiger partial charge in [-0.2, -0.15) is 0 Å². The minimum atomic E-state index is -0.413. The molecule has 0 radical (unpaired) electrons. The molecule has 2 atom stereocenters. The van der Waals surface area contributed by atoms with Gasteiger partial charge in [-0.25, -0.2) is 4.39 Å². The number of nitrogens with two attached hydrogens (primary N) is 1. The van der Waals surface area contributed by atoms with E-state index >= 15 is 0 Å². The summed E-state index contributed by atoms with van der Waals surface area (Å²) >= 11 is 0. The summed E-state index contributed by atoms with van der Waals surface area (Å²) in [6.07, 6.45) is 6.71. The quantitative estimate of drug-likeness (QED) is 0.532. The molecule has 0 saturated carbocycles. The van der Waals surface area contributed by atoms with Gasteiger partial charge >= 0.3 is 0 Å². The van der Waals surface area contributed by atoms with E-state index < -0.39 is 6.04 Å². The minimum Gasteiger partial charge on any atom is -0.343 e. The first-order valence-corrected chi connectivity index (χ1v) is 11.5. The Labute approximate surface area is 199 Å². The number of hydrogen-bond donors (Lipinski definition) is 2. The molecule has 0 spiro atoms. The Kier molecular flexibility index (Phi) is 7.33. The highest BCUT2D eigenvalue weighted by molar-refractivity contribution is 6.04. The number of pyridine rings is 1. The van der Waals surface area contributed by atoms with Gasteiger partial charge in [-0.1, -0.05) is 24.6 Å². The van der Waals surface area contributed by atoms with Crippen molar-refractivity contribution < 1.29 is 14.0 Å². The summed E-state index contributed by atoms with van der Waals surface area (Å²) < 4.78 is 13.9. The molecule has 34 heavy (non-hydrogen) atoms. The van der Waals surface area contributed by atoms with E-state index in [1.807, 2.05) is 0 Å². The van der Waals surface area contributed by atoms with Crippen LogP contribution in [-0.2, 0) is 11.2 Å². The molecular weight excluding hydrogens is 431 g/mol. The zero-order valence-electron chi connectivity index (χ0n) is 19.2. The van der Waals surface area contributed by atoms with Gasteiger partial charge in [0, 0.05) is 43.3 Å². The van der Waals surface area contributed by atoms with Crippen LogP contribution in [0.2, 0.25) is 0 Å². The first-order valence-electron chi connectivity index (χ1n) is 11.5. The van der Waals surface area contributed by atoms with Gasteiger partial charge in [0.05, 0.1) is 5.92 Å². The summed E-state index contributed by atoms with van der Waals surface area (Å²) in [7, 11) is 1.74. The molecule has 0 saturated heterocycles. The van der Waals surface area contributed by atoms with E-state index in [1.54, 1.807) is 66.8 Å². The molecule has 6 nitrogen and oxygen atoms in total. The first kappa shape index (κ1) is 23.6. The van der Waals surface area contributed by atoms with Gasteiger partial charge in [0.15, 0.2) is 0 Å². The molecular formula is C27H29FN4O2. The molecule has 2 unspecified atom stereocenters. The number of rotatable bonds is 6. The van der Waals surface area contributed by atoms with Crippen molar-refractivity contribution in [2.75, 3.05) is 18.9 Å². The van der Waals surface area contributed by atoms with Crippen molar-refractivity contribution in [1.29, 1.82) is 0 Å². The Morgan fingerprint density at radius 1 is 1.12 bits per heavy atom. The summed E-state index contributed by atoms with van der Waals surface area (Å²) in [6, 6.07) is 14.8. The van der Waals surface area contributed by atoms with E-state index in [1.165, 1.54) is 12.1 Å². The van der Waals surface area contributed by atoms with Crippen molar-refractivity contribution in [1.82, 2.24) is 9.88 Å². The number of carbonyl (C=O) groups is 2. The Morgan fingerprint density at radius 3 is 2.59 bits per heavy atom. The van der Waals surface area contributed by atoms with E-state index in [-0.39, 0.29) is 23.5 Å². The SMILES string of the molecule is CN(CC(N)c1ccc(C(=O)Nc2ccncc2)cc1)C(=O)C1CCCCc2ccc(F)cc21. The summed E-state index contributed by atoms with van der Waals surface area (Å²) in [5, 5.41) is 2.82. The Morgan fingerprint density at radius 2 is 1.85 bits per heavy atom. The summed E-state index contributed by atoms with van der Waals surface area (Å²) in [5.41, 5.74) is 10.3. The van der Waals surface area contributed by atoms with E-state index in [0.29, 0.717) is 24.2 Å². The predicted molar refractivity (Wildman–Crippen MR) is 130 cm³/mol. The standard InChI is InChI=1S/C27H29FN4O2/c1-32(27(34)23-5-3-2-4-18-10-11-21(28)16-24(18)23)17-25(29)19-6-8-20(9-7-19)26(33)31-22-12-14-30-15-13-22/h6-16,23,25H,2-5,17,29H2,1H3,(H,30,31,33). The number of benzene rings is 2. The lowest BCUT2D eigenvalue weighted by Gasteiger charge is -2.27. The van der Waals surface area contributed by atoms with Crippen LogP contribution in [0, 0.1) is 5.82 Å². The lowest BCUT2D eigenvalue weighted by molar-refractivity contribution is -0.132. The second kappa shape index (κ2) is 10.6. The van der Waals surface area contributed by atoms with E-state index in [0.717, 1.165) is 36.0 Å². The van der Waals surface area contributed by atoms with Gasteiger partial charge in [0.2, 0.25) is 5.91 Å². The molecule has 4 rings (SSSR count). The number of nitrogens with zero attached hydrogens (tertiary/aromatic N) is 2. The zero-order chi connectivity index (χ0) is 24.1. The van der Waals surface area contributed by atoms with Crippen molar-refractivity contribution in [3.8, 4) is 0 Å². The lowest BCUT2D eigenvalue weighted by atomic mass is 9.91. The second-order valence-corrected chi connectivity index (χ2v) is 8.78. The topological polar surface area (TPSA) is 88.3 Å². The van der Waals surface area contributed by atoms with Crippen LogP contribution in [0.25, 0.3) is 0 Å². The van der Waals surface area contributed by atoms with Crippen molar-refractivity contribution in [2.24, 2.45) is 5.73 Å². The molecule has 3 aromatic rings. The molecule has 1 aliphatic rings. The van der Waals surface area contributed by atoms with Crippen LogP contribution in [0.4, 0.5) is 10.1 Å². The fraction of sp³-hybridized carbons (Fsp3) is 0.296. The van der Waals surface area contributed by atoms with Crippen molar-refractivity contribution in [3.63, 3.8) is 0 Å². The zero-order valence-corrected chi connectivity index (χ0v) is 19.2. The van der Waals surface area contributed by atoms with Gasteiger partial charge in [-0.05, 0) is 72.4 Å². The van der Waals surface area contributed by atoms with Crippen LogP contribution in [0.3, 0.4) is 0 Å². The average molecular weight is 461 g/mol. The molecule has 176 valence electrons. The minimum absolute atomic E-state index is 0.0439. The maximum Gasteiger partial charge on any atom is 0.255 e. The van der Waals surface area contributed by atoms with E-state index in [4.69, 9.17) is 5.73 Å². The van der Waals surface area contributed by atoms with Gasteiger partial charge < -0.3 is 16.0 Å². The van der Waals surface area contributed by atoms with Crippen molar-refractivity contribution >= 4 is 17.5 Å². The van der Waals surface area contributed by atoms with Crippen molar-refractivity contribution in [2.45, 2.75) is 37.6 Å². The van der Waals surface area contributed by atoms with Gasteiger partial charge in [0.25, 0.3) is 5.91 Å². The number of nitrogens with one attached hydrogen (secondary N) is 1. The largest absolute Gasteiger partial charge is 0.343 e. The monoisotopic (exact) mass is 460 g/mol. The van der Waals surface area contributed by atoms with Crippen LogP contribution < -0.4 is 11.1 Å². The highest BCUT2D eigenvalue weighted by Crippen LogP contribution is 2.32. The Balaban J connectivity index is 1.40. The van der Waals surface area contributed by atoms with Crippen LogP contribution >= 0.6 is 0 Å². The third-order valence-electron chi connectivity index (χ3n) is 6.36. The maximum atomic E-state index is 13.9. The third kappa shape index (κ3) is 5.48. The van der Waals surface area contributed by atoms with E-state index in [2.05, 4.69) is 10.3 Å². The van der Waals surface area contributed by atoms with Gasteiger partial charge in [0.1, 0.15) is 5.82 Å². The third-order valence-corrected chi connectivity index (χ3v) is 6.36. The average Bonchev–Trinajstić information content (AvgIpc) is 3.06. The number of hydrogen-bond acceptors (Lipinski definition) is 4. The number of anilines is 1. The summed E-state index contributed by atoms with van der Waals surface area (Å²) in [4.78, 5) is 31.3. The molecule has 0 bridgehead atoms. The van der Waals surface area contributed by atoms with Crippen LogP contribution in [-0.4, -0.2) is 35.3 Å². The predicted octanol–water partition coefficient (Wildman–Crippen LogP) is 4.44. The fourth-order valence-corrected chi connectivity index (χ4v) is 4.47. The van der Waals surface area contributed by atoms with Gasteiger partial charge in [-0.15, -0.1) is 0 Å². The second-order valence-electron chi connectivity index (χ2n) is 8.78. The Hall–Kier alpha value is -3.58. The van der Waals surface area contributed by atoms with Crippen LogP contribution in [0.5, 0.6) is 0 Å². The van der Waals surface area contributed by atoms with Crippen LogP contribution in [0.15, 0.2) is 67.0 Å². The van der Waals surface area contributed by atoms with Crippen molar-refractivity contribution in [3.05, 3.63) is 95.1 Å². The van der Waals surface area contributed by atoms with Crippen LogP contribution in [0.1, 0.15) is 58.3 Å². The molecule has 1 aliphatic carbocycles. The molecule has 2 amide bonds. The normalized spacial score (nSPS) is 16.1.